The molecule has 0 spiro atoms. The van der Waals surface area contributed by atoms with E-state index in [0.717, 1.165) is 25.0 Å². The molecule has 0 aliphatic carbocycles. The molecular weight excluding hydrogens is 271 g/mol. The van der Waals surface area contributed by atoms with Gasteiger partial charge in [0.25, 0.3) is 0 Å². The predicted octanol–water partition coefficient (Wildman–Crippen LogP) is 1.94. The molecule has 21 heavy (non-hydrogen) atoms. The maximum absolute atomic E-state index is 13.2. The third kappa shape index (κ3) is 4.79. The van der Waals surface area contributed by atoms with E-state index >= 15 is 0 Å². The second-order valence-corrected chi connectivity index (χ2v) is 5.60. The molecule has 1 amide bonds. The molecule has 116 valence electrons. The summed E-state index contributed by atoms with van der Waals surface area (Å²) in [5.41, 5.74) is 0.858. The molecule has 1 saturated heterocycles. The van der Waals surface area contributed by atoms with Crippen LogP contribution in [-0.4, -0.2) is 43.2 Å². The Morgan fingerprint density at radius 2 is 2.38 bits per heavy atom. The van der Waals surface area contributed by atoms with Gasteiger partial charge in [0.05, 0.1) is 12.1 Å². The standard InChI is InChI=1S/C16H23FN2O2/c1-12(16(20)18-10-15-7-4-8-21-15)19(2)11-13-5-3-6-14(17)9-13/h3,5-6,9,12,15H,4,7-8,10-11H2,1-2H3,(H,18,20). The minimum Gasteiger partial charge on any atom is -0.376 e. The number of rotatable bonds is 6. The van der Waals surface area contributed by atoms with Gasteiger partial charge >= 0.3 is 0 Å². The molecule has 4 nitrogen and oxygen atoms in total. The van der Waals surface area contributed by atoms with Gasteiger partial charge in [-0.2, -0.15) is 0 Å². The number of likely N-dealkylation sites (N-methyl/N-ethyl adjacent to an activating group) is 1. The highest BCUT2D eigenvalue weighted by Gasteiger charge is 2.21. The van der Waals surface area contributed by atoms with Gasteiger partial charge in [-0.25, -0.2) is 4.39 Å². The summed E-state index contributed by atoms with van der Waals surface area (Å²) >= 11 is 0. The van der Waals surface area contributed by atoms with Crippen LogP contribution in [0, 0.1) is 5.82 Å². The molecule has 2 atom stereocenters. The monoisotopic (exact) mass is 294 g/mol. The Morgan fingerprint density at radius 1 is 1.57 bits per heavy atom. The number of carbonyl (C=O) groups excluding carboxylic acids is 1. The Kier molecular flexibility index (Phi) is 5.70. The summed E-state index contributed by atoms with van der Waals surface area (Å²) in [6.45, 7) is 3.74. The maximum atomic E-state index is 13.2. The van der Waals surface area contributed by atoms with Crippen LogP contribution in [0.25, 0.3) is 0 Å². The molecule has 0 saturated carbocycles. The van der Waals surface area contributed by atoms with Crippen molar-refractivity contribution in [3.63, 3.8) is 0 Å². The van der Waals surface area contributed by atoms with E-state index in [0.29, 0.717) is 13.1 Å². The highest BCUT2D eigenvalue weighted by atomic mass is 19.1. The first-order chi connectivity index (χ1) is 10.1. The van der Waals surface area contributed by atoms with E-state index in [1.165, 1.54) is 12.1 Å². The van der Waals surface area contributed by atoms with Crippen molar-refractivity contribution in [1.82, 2.24) is 10.2 Å². The summed E-state index contributed by atoms with van der Waals surface area (Å²) in [6, 6.07) is 6.18. The Balaban J connectivity index is 1.80. The van der Waals surface area contributed by atoms with Crippen LogP contribution in [0.4, 0.5) is 4.39 Å². The number of amides is 1. The van der Waals surface area contributed by atoms with Crippen molar-refractivity contribution in [2.24, 2.45) is 0 Å². The van der Waals surface area contributed by atoms with Gasteiger partial charge in [0.2, 0.25) is 5.91 Å². The van der Waals surface area contributed by atoms with Crippen LogP contribution in [0.5, 0.6) is 0 Å². The molecule has 1 aliphatic rings. The first-order valence-corrected chi connectivity index (χ1v) is 7.40. The number of ether oxygens (including phenoxy) is 1. The average molecular weight is 294 g/mol. The van der Waals surface area contributed by atoms with Gasteiger partial charge < -0.3 is 10.1 Å². The SMILES string of the molecule is CC(C(=O)NCC1CCCO1)N(C)Cc1cccc(F)c1. The van der Waals surface area contributed by atoms with Gasteiger partial charge in [0, 0.05) is 19.7 Å². The maximum Gasteiger partial charge on any atom is 0.237 e. The second-order valence-electron chi connectivity index (χ2n) is 5.60. The number of hydrogen-bond donors (Lipinski definition) is 1. The summed E-state index contributed by atoms with van der Waals surface area (Å²) in [7, 11) is 1.86. The molecular formula is C16H23FN2O2. The lowest BCUT2D eigenvalue weighted by molar-refractivity contribution is -0.126. The molecule has 1 heterocycles. The zero-order valence-corrected chi connectivity index (χ0v) is 12.6. The van der Waals surface area contributed by atoms with Gasteiger partial charge in [-0.15, -0.1) is 0 Å². The van der Waals surface area contributed by atoms with E-state index in [2.05, 4.69) is 5.32 Å². The van der Waals surface area contributed by atoms with Gasteiger partial charge in [0.15, 0.2) is 0 Å². The lowest BCUT2D eigenvalue weighted by Gasteiger charge is -2.24. The summed E-state index contributed by atoms with van der Waals surface area (Å²) in [6.07, 6.45) is 2.22. The smallest absolute Gasteiger partial charge is 0.237 e. The van der Waals surface area contributed by atoms with Crippen molar-refractivity contribution in [3.05, 3.63) is 35.6 Å². The van der Waals surface area contributed by atoms with Crippen molar-refractivity contribution in [2.75, 3.05) is 20.2 Å². The Hall–Kier alpha value is -1.46. The van der Waals surface area contributed by atoms with Crippen molar-refractivity contribution in [1.29, 1.82) is 0 Å². The van der Waals surface area contributed by atoms with E-state index in [1.54, 1.807) is 6.07 Å². The lowest BCUT2D eigenvalue weighted by atomic mass is 10.1. The van der Waals surface area contributed by atoms with E-state index < -0.39 is 0 Å². The zero-order valence-electron chi connectivity index (χ0n) is 12.6. The normalized spacial score (nSPS) is 19.7. The molecule has 0 radical (unpaired) electrons. The Labute approximate surface area is 125 Å². The second kappa shape index (κ2) is 7.52. The Morgan fingerprint density at radius 3 is 3.05 bits per heavy atom. The molecule has 2 rings (SSSR count). The zero-order chi connectivity index (χ0) is 15.2. The predicted molar refractivity (Wildman–Crippen MR) is 79.3 cm³/mol. The molecule has 0 aromatic heterocycles. The fraction of sp³-hybridized carbons (Fsp3) is 0.562. The summed E-state index contributed by atoms with van der Waals surface area (Å²) in [5.74, 6) is -0.277. The highest BCUT2D eigenvalue weighted by Crippen LogP contribution is 2.11. The summed E-state index contributed by atoms with van der Waals surface area (Å²) in [4.78, 5) is 14.0. The van der Waals surface area contributed by atoms with Crippen LogP contribution < -0.4 is 5.32 Å². The van der Waals surface area contributed by atoms with E-state index in [1.807, 2.05) is 24.9 Å². The molecule has 2 unspecified atom stereocenters. The number of halogens is 1. The third-order valence-corrected chi connectivity index (χ3v) is 3.89. The summed E-state index contributed by atoms with van der Waals surface area (Å²) < 4.78 is 18.6. The first kappa shape index (κ1) is 15.9. The number of benzene rings is 1. The molecule has 1 fully saturated rings. The van der Waals surface area contributed by atoms with Crippen LogP contribution in [0.15, 0.2) is 24.3 Å². The number of nitrogens with zero attached hydrogens (tertiary/aromatic N) is 1. The van der Waals surface area contributed by atoms with Crippen LogP contribution in [0.1, 0.15) is 25.3 Å². The third-order valence-electron chi connectivity index (χ3n) is 3.89. The minimum absolute atomic E-state index is 0.0237. The quantitative estimate of drug-likeness (QED) is 0.872. The fourth-order valence-electron chi connectivity index (χ4n) is 2.43. The fourth-order valence-corrected chi connectivity index (χ4v) is 2.43. The molecule has 1 aromatic carbocycles. The van der Waals surface area contributed by atoms with Gasteiger partial charge in [-0.05, 0) is 44.5 Å². The average Bonchev–Trinajstić information content (AvgIpc) is 2.97. The van der Waals surface area contributed by atoms with Gasteiger partial charge in [0.1, 0.15) is 5.82 Å². The van der Waals surface area contributed by atoms with E-state index in [4.69, 9.17) is 4.74 Å². The number of hydrogen-bond acceptors (Lipinski definition) is 3. The Bertz CT molecular complexity index is 475. The lowest BCUT2D eigenvalue weighted by Crippen LogP contribution is -2.45. The topological polar surface area (TPSA) is 41.6 Å². The van der Waals surface area contributed by atoms with Crippen LogP contribution in [-0.2, 0) is 16.1 Å². The molecule has 5 heteroatoms. The van der Waals surface area contributed by atoms with E-state index in [-0.39, 0.29) is 23.9 Å². The first-order valence-electron chi connectivity index (χ1n) is 7.40. The number of carbonyl (C=O) groups is 1. The molecule has 1 aromatic rings. The molecule has 1 aliphatic heterocycles. The molecule has 0 bridgehead atoms. The van der Waals surface area contributed by atoms with Crippen molar-refractivity contribution in [3.8, 4) is 0 Å². The van der Waals surface area contributed by atoms with Crippen molar-refractivity contribution in [2.45, 2.75) is 38.5 Å². The van der Waals surface area contributed by atoms with Crippen LogP contribution >= 0.6 is 0 Å². The van der Waals surface area contributed by atoms with Crippen molar-refractivity contribution >= 4 is 5.91 Å². The van der Waals surface area contributed by atoms with Crippen molar-refractivity contribution < 1.29 is 13.9 Å². The largest absolute Gasteiger partial charge is 0.376 e. The van der Waals surface area contributed by atoms with Crippen LogP contribution in [0.2, 0.25) is 0 Å². The number of nitrogens with one attached hydrogen (secondary N) is 1. The van der Waals surface area contributed by atoms with E-state index in [9.17, 15) is 9.18 Å². The van der Waals surface area contributed by atoms with Gasteiger partial charge in [-0.3, -0.25) is 9.69 Å². The minimum atomic E-state index is -0.269. The van der Waals surface area contributed by atoms with Crippen LogP contribution in [0.3, 0.4) is 0 Å². The van der Waals surface area contributed by atoms with Gasteiger partial charge in [-0.1, -0.05) is 12.1 Å². The molecule has 1 N–H and O–H groups in total. The summed E-state index contributed by atoms with van der Waals surface area (Å²) in [5, 5.41) is 2.92. The highest BCUT2D eigenvalue weighted by molar-refractivity contribution is 5.81.